The number of thiol groups is 2. The third-order valence-corrected chi connectivity index (χ3v) is 2.42. The summed E-state index contributed by atoms with van der Waals surface area (Å²) in [5, 5.41) is 2.03. The summed E-state index contributed by atoms with van der Waals surface area (Å²) in [5.41, 5.74) is 0. The first-order chi connectivity index (χ1) is 7.85. The first-order valence-electron chi connectivity index (χ1n) is 5.01. The summed E-state index contributed by atoms with van der Waals surface area (Å²) < 4.78 is 9.77. The summed E-state index contributed by atoms with van der Waals surface area (Å²) in [6.45, 7) is 4.00. The molecule has 0 aliphatic rings. The lowest BCUT2D eigenvalue weighted by Gasteiger charge is -2.04. The Morgan fingerprint density at radius 2 is 1.69 bits per heavy atom. The van der Waals surface area contributed by atoms with E-state index in [1.54, 1.807) is 0 Å². The van der Waals surface area contributed by atoms with Crippen LogP contribution in [0.15, 0.2) is 36.4 Å². The second kappa shape index (κ2) is 6.55. The van der Waals surface area contributed by atoms with Gasteiger partial charge >= 0.3 is 0 Å². The zero-order valence-corrected chi connectivity index (χ0v) is 11.0. The van der Waals surface area contributed by atoms with E-state index in [0.717, 1.165) is 16.5 Å². The minimum Gasteiger partial charge on any atom is -0.429 e. The van der Waals surface area contributed by atoms with Crippen molar-refractivity contribution in [3.63, 3.8) is 0 Å². The Morgan fingerprint density at radius 3 is 2.31 bits per heavy atom. The molecule has 2 nitrogen and oxygen atoms in total. The molecule has 0 saturated heterocycles. The molecule has 0 radical (unpaired) electrons. The van der Waals surface area contributed by atoms with Gasteiger partial charge in [0.05, 0.1) is 0 Å². The molecule has 0 aromatic heterocycles. The van der Waals surface area contributed by atoms with Gasteiger partial charge in [0.25, 0.3) is 0 Å². The van der Waals surface area contributed by atoms with E-state index in [0.29, 0.717) is 5.75 Å². The molecule has 0 heterocycles. The smallest absolute Gasteiger partial charge is 0.144 e. The second-order valence-electron chi connectivity index (χ2n) is 2.82. The van der Waals surface area contributed by atoms with E-state index in [4.69, 9.17) is 8.37 Å². The topological polar surface area (TPSA) is 18.5 Å². The van der Waals surface area contributed by atoms with Gasteiger partial charge in [-0.1, -0.05) is 26.0 Å². The van der Waals surface area contributed by atoms with Gasteiger partial charge < -0.3 is 8.37 Å². The van der Waals surface area contributed by atoms with Crippen LogP contribution in [0.3, 0.4) is 0 Å². The molecule has 2 aromatic rings. The fraction of sp³-hybridized carbons (Fsp3) is 0.167. The summed E-state index contributed by atoms with van der Waals surface area (Å²) >= 11 is 7.53. The highest BCUT2D eigenvalue weighted by molar-refractivity contribution is 7.75. The molecule has 0 saturated carbocycles. The van der Waals surface area contributed by atoms with Gasteiger partial charge in [-0.15, -0.1) is 0 Å². The van der Waals surface area contributed by atoms with Gasteiger partial charge in [0, 0.05) is 31.2 Å². The number of fused-ring (bicyclic) bond motifs is 1. The molecular weight excluding hydrogens is 240 g/mol. The molecule has 2 rings (SSSR count). The summed E-state index contributed by atoms with van der Waals surface area (Å²) in [7, 11) is 0. The van der Waals surface area contributed by atoms with E-state index in [2.05, 4.69) is 25.8 Å². The molecule has 0 amide bonds. The first kappa shape index (κ1) is 13.1. The maximum Gasteiger partial charge on any atom is 0.144 e. The first-order valence-corrected chi connectivity index (χ1v) is 5.74. The summed E-state index contributed by atoms with van der Waals surface area (Å²) in [6.07, 6.45) is 0. The monoisotopic (exact) mass is 254 g/mol. The SMILES string of the molecule is CC.SOc1ccc2c(OS)cccc2c1. The number of rotatable bonds is 2. The maximum atomic E-state index is 4.94. The second-order valence-corrected chi connectivity index (χ2v) is 3.19. The van der Waals surface area contributed by atoms with Crippen LogP contribution in [0.4, 0.5) is 0 Å². The number of hydrogen-bond acceptors (Lipinski definition) is 4. The van der Waals surface area contributed by atoms with Crippen LogP contribution >= 0.6 is 25.8 Å². The predicted octanol–water partition coefficient (Wildman–Crippen LogP) is 4.31. The molecule has 0 aliphatic heterocycles. The molecule has 0 fully saturated rings. The summed E-state index contributed by atoms with van der Waals surface area (Å²) in [5.74, 6) is 1.44. The standard InChI is InChI=1S/C10H8O2S2.C2H6/c13-11-8-4-5-9-7(6-8)2-1-3-10(9)12-14;1-2/h1-6,13-14H;1-2H3. The van der Waals surface area contributed by atoms with Crippen LogP contribution in [0.2, 0.25) is 0 Å². The van der Waals surface area contributed by atoms with Crippen LogP contribution in [-0.2, 0) is 0 Å². The zero-order valence-electron chi connectivity index (χ0n) is 9.18. The van der Waals surface area contributed by atoms with E-state index in [9.17, 15) is 0 Å². The minimum absolute atomic E-state index is 0.706. The normalized spacial score (nSPS) is 9.25. The number of benzene rings is 2. The van der Waals surface area contributed by atoms with E-state index >= 15 is 0 Å². The van der Waals surface area contributed by atoms with Crippen molar-refractivity contribution in [3.8, 4) is 11.5 Å². The lowest BCUT2D eigenvalue weighted by molar-refractivity contribution is 0.658. The summed E-state index contributed by atoms with van der Waals surface area (Å²) in [6, 6.07) is 11.4. The van der Waals surface area contributed by atoms with Crippen LogP contribution in [-0.4, -0.2) is 0 Å². The average Bonchev–Trinajstić information content (AvgIpc) is 2.39. The Kier molecular flexibility index (Phi) is 5.35. The maximum absolute atomic E-state index is 4.94. The van der Waals surface area contributed by atoms with Crippen molar-refractivity contribution < 1.29 is 8.37 Å². The Hall–Kier alpha value is -1.00. The van der Waals surface area contributed by atoms with Crippen molar-refractivity contribution >= 4 is 36.6 Å². The Labute approximate surface area is 107 Å². The largest absolute Gasteiger partial charge is 0.429 e. The fourth-order valence-corrected chi connectivity index (χ4v) is 1.64. The fourth-order valence-electron chi connectivity index (χ4n) is 1.37. The Morgan fingerprint density at radius 1 is 0.938 bits per heavy atom. The summed E-state index contributed by atoms with van der Waals surface area (Å²) in [4.78, 5) is 0. The Bertz CT molecular complexity index is 458. The minimum atomic E-state index is 0.706. The molecule has 0 aliphatic carbocycles. The van der Waals surface area contributed by atoms with E-state index in [1.165, 1.54) is 0 Å². The van der Waals surface area contributed by atoms with E-state index in [1.807, 2.05) is 50.2 Å². The molecule has 0 unspecified atom stereocenters. The van der Waals surface area contributed by atoms with Gasteiger partial charge in [-0.2, -0.15) is 0 Å². The van der Waals surface area contributed by atoms with Crippen LogP contribution in [0.1, 0.15) is 13.8 Å². The van der Waals surface area contributed by atoms with Crippen molar-refractivity contribution in [2.24, 2.45) is 0 Å². The third-order valence-electron chi connectivity index (χ3n) is 2.02. The van der Waals surface area contributed by atoms with Crippen LogP contribution in [0.5, 0.6) is 11.5 Å². The molecule has 86 valence electrons. The van der Waals surface area contributed by atoms with Gasteiger partial charge in [0.15, 0.2) is 0 Å². The van der Waals surface area contributed by atoms with Crippen molar-refractivity contribution in [3.05, 3.63) is 36.4 Å². The molecule has 4 heteroatoms. The lowest BCUT2D eigenvalue weighted by Crippen LogP contribution is -1.80. The van der Waals surface area contributed by atoms with Crippen molar-refractivity contribution in [1.82, 2.24) is 0 Å². The van der Waals surface area contributed by atoms with Gasteiger partial charge in [-0.05, 0) is 29.7 Å². The zero-order chi connectivity index (χ0) is 12.0. The lowest BCUT2D eigenvalue weighted by atomic mass is 10.1. The highest BCUT2D eigenvalue weighted by Crippen LogP contribution is 2.29. The predicted molar refractivity (Wildman–Crippen MR) is 74.5 cm³/mol. The molecule has 0 N–H and O–H groups in total. The van der Waals surface area contributed by atoms with Gasteiger partial charge in [0.1, 0.15) is 11.5 Å². The average molecular weight is 254 g/mol. The van der Waals surface area contributed by atoms with Crippen molar-refractivity contribution in [1.29, 1.82) is 0 Å². The van der Waals surface area contributed by atoms with Gasteiger partial charge in [-0.25, -0.2) is 0 Å². The highest BCUT2D eigenvalue weighted by atomic mass is 32.1. The van der Waals surface area contributed by atoms with Crippen LogP contribution in [0, 0.1) is 0 Å². The van der Waals surface area contributed by atoms with Gasteiger partial charge in [0.2, 0.25) is 0 Å². The van der Waals surface area contributed by atoms with E-state index in [-0.39, 0.29) is 0 Å². The van der Waals surface area contributed by atoms with Crippen molar-refractivity contribution in [2.45, 2.75) is 13.8 Å². The van der Waals surface area contributed by atoms with E-state index < -0.39 is 0 Å². The molecular formula is C12H14O2S2. The highest BCUT2D eigenvalue weighted by Gasteiger charge is 2.01. The Balaban J connectivity index is 0.000000606. The molecule has 0 atom stereocenters. The number of hydrogen-bond donors (Lipinski definition) is 2. The van der Waals surface area contributed by atoms with Crippen molar-refractivity contribution in [2.75, 3.05) is 0 Å². The third kappa shape index (κ3) is 2.77. The van der Waals surface area contributed by atoms with Crippen LogP contribution < -0.4 is 8.37 Å². The molecule has 0 spiro atoms. The molecule has 16 heavy (non-hydrogen) atoms. The quantitative estimate of drug-likeness (QED) is 0.614. The van der Waals surface area contributed by atoms with Gasteiger partial charge in [-0.3, -0.25) is 0 Å². The molecule has 2 aromatic carbocycles. The van der Waals surface area contributed by atoms with Crippen LogP contribution in [0.25, 0.3) is 10.8 Å². The molecule has 0 bridgehead atoms.